The Kier molecular flexibility index (Phi) is 7.31. The third-order valence-electron chi connectivity index (χ3n) is 3.31. The van der Waals surface area contributed by atoms with Gasteiger partial charge in [0.25, 0.3) is 11.8 Å². The van der Waals surface area contributed by atoms with Crippen LogP contribution in [0.4, 0.5) is 8.78 Å². The number of carbonyl (C=O) groups excluding carboxylic acids is 1. The van der Waals surface area contributed by atoms with Crippen molar-refractivity contribution in [3.05, 3.63) is 63.5 Å². The lowest BCUT2D eigenvalue weighted by molar-refractivity contribution is 0.0991. The Hall–Kier alpha value is -2.71. The summed E-state index contributed by atoms with van der Waals surface area (Å²) < 4.78 is 37.7. The average Bonchev–Trinajstić information content (AvgIpc) is 3.11. The van der Waals surface area contributed by atoms with Crippen molar-refractivity contribution in [2.45, 2.75) is 20.5 Å². The highest BCUT2D eigenvalue weighted by molar-refractivity contribution is 6.38. The summed E-state index contributed by atoms with van der Waals surface area (Å²) in [5.74, 6) is -3.84. The van der Waals surface area contributed by atoms with Crippen molar-refractivity contribution in [3.63, 3.8) is 0 Å². The Morgan fingerprint density at radius 3 is 2.43 bits per heavy atom. The summed E-state index contributed by atoms with van der Waals surface area (Å²) in [6.07, 6.45) is 0. The van der Waals surface area contributed by atoms with Crippen LogP contribution in [0.15, 0.2) is 34.9 Å². The molecule has 0 bridgehead atoms. The van der Waals surface area contributed by atoms with Gasteiger partial charge in [-0.3, -0.25) is 4.79 Å². The molecule has 148 valence electrons. The summed E-state index contributed by atoms with van der Waals surface area (Å²) in [6.45, 7) is 3.66. The quantitative estimate of drug-likeness (QED) is 0.614. The number of carbonyl (C=O) groups is 1. The molecule has 0 atom stereocenters. The lowest BCUT2D eigenvalue weighted by Crippen LogP contribution is -2.16. The van der Waals surface area contributed by atoms with E-state index in [0.29, 0.717) is 15.6 Å². The zero-order chi connectivity index (χ0) is 20.8. The molecule has 1 amide bonds. The molecule has 10 heteroatoms. The molecule has 2 aromatic carbocycles. The fourth-order valence-corrected chi connectivity index (χ4v) is 2.70. The highest BCUT2D eigenvalue weighted by Gasteiger charge is 2.20. The van der Waals surface area contributed by atoms with Crippen LogP contribution >= 0.6 is 23.2 Å². The lowest BCUT2D eigenvalue weighted by atomic mass is 10.1. The number of nitrogens with two attached hydrogens (primary N) is 1. The van der Waals surface area contributed by atoms with Crippen LogP contribution in [0.2, 0.25) is 10.0 Å². The van der Waals surface area contributed by atoms with E-state index < -0.39 is 28.9 Å². The molecule has 1 aromatic heterocycles. The number of amides is 1. The molecule has 3 aromatic rings. The monoisotopic (exact) mass is 429 g/mol. The number of nitrogens with zero attached hydrogens (tertiary/aromatic N) is 2. The number of hydrogen-bond donors (Lipinski definition) is 1. The fourth-order valence-electron chi connectivity index (χ4n) is 2.14. The van der Waals surface area contributed by atoms with E-state index in [2.05, 4.69) is 10.1 Å². The maximum absolute atomic E-state index is 14.1. The molecule has 0 saturated heterocycles. The van der Waals surface area contributed by atoms with Gasteiger partial charge in [0.15, 0.2) is 18.2 Å². The molecule has 28 heavy (non-hydrogen) atoms. The van der Waals surface area contributed by atoms with E-state index in [1.54, 1.807) is 18.2 Å². The molecule has 0 saturated carbocycles. The van der Waals surface area contributed by atoms with Gasteiger partial charge in [-0.1, -0.05) is 48.3 Å². The minimum atomic E-state index is -1.25. The highest BCUT2D eigenvalue weighted by atomic mass is 35.5. The first-order valence-corrected chi connectivity index (χ1v) is 8.81. The van der Waals surface area contributed by atoms with Crippen LogP contribution in [0.3, 0.4) is 0 Å². The van der Waals surface area contributed by atoms with Crippen molar-refractivity contribution < 1.29 is 22.8 Å². The second kappa shape index (κ2) is 9.48. The number of aromatic nitrogens is 2. The van der Waals surface area contributed by atoms with Gasteiger partial charge in [-0.25, -0.2) is 8.78 Å². The van der Waals surface area contributed by atoms with Crippen LogP contribution in [-0.2, 0) is 6.61 Å². The van der Waals surface area contributed by atoms with E-state index in [-0.39, 0.29) is 18.3 Å². The zero-order valence-electron chi connectivity index (χ0n) is 14.8. The van der Waals surface area contributed by atoms with E-state index in [0.717, 1.165) is 12.1 Å². The van der Waals surface area contributed by atoms with Crippen molar-refractivity contribution >= 4 is 29.1 Å². The molecule has 0 fully saturated rings. The van der Waals surface area contributed by atoms with Crippen LogP contribution in [-0.4, -0.2) is 16.0 Å². The van der Waals surface area contributed by atoms with Gasteiger partial charge >= 0.3 is 0 Å². The average molecular weight is 430 g/mol. The summed E-state index contributed by atoms with van der Waals surface area (Å²) in [4.78, 5) is 15.2. The van der Waals surface area contributed by atoms with Crippen LogP contribution < -0.4 is 10.5 Å². The van der Waals surface area contributed by atoms with E-state index in [1.165, 1.54) is 0 Å². The van der Waals surface area contributed by atoms with Gasteiger partial charge in [0.1, 0.15) is 11.4 Å². The van der Waals surface area contributed by atoms with Gasteiger partial charge < -0.3 is 15.0 Å². The Morgan fingerprint density at radius 1 is 1.18 bits per heavy atom. The van der Waals surface area contributed by atoms with Crippen molar-refractivity contribution in [3.8, 4) is 17.1 Å². The van der Waals surface area contributed by atoms with Gasteiger partial charge in [-0.15, -0.1) is 0 Å². The maximum Gasteiger partial charge on any atom is 0.264 e. The molecule has 0 unspecified atom stereocenters. The minimum absolute atomic E-state index is 0.0136. The SMILES string of the molecule is CC.NC(=O)c1c(F)ccc(OCc2nc(-c3c(Cl)cccc3Cl)no2)c1F. The number of ether oxygens (including phenoxy) is 1. The Balaban J connectivity index is 0.00000136. The van der Waals surface area contributed by atoms with E-state index in [1.807, 2.05) is 13.8 Å². The van der Waals surface area contributed by atoms with E-state index in [4.69, 9.17) is 38.2 Å². The largest absolute Gasteiger partial charge is 0.481 e. The predicted octanol–water partition coefficient (Wildman–Crippen LogP) is 5.03. The van der Waals surface area contributed by atoms with Gasteiger partial charge in [-0.05, 0) is 24.3 Å². The number of benzene rings is 2. The summed E-state index contributed by atoms with van der Waals surface area (Å²) in [6, 6.07) is 6.75. The molecule has 0 aliphatic carbocycles. The van der Waals surface area contributed by atoms with Crippen LogP contribution in [0.25, 0.3) is 11.4 Å². The normalized spacial score (nSPS) is 10.2. The molecule has 0 radical (unpaired) electrons. The Morgan fingerprint density at radius 2 is 1.82 bits per heavy atom. The predicted molar refractivity (Wildman–Crippen MR) is 100 cm³/mol. The van der Waals surface area contributed by atoms with E-state index >= 15 is 0 Å². The fraction of sp³-hybridized carbons (Fsp3) is 0.167. The molecule has 6 nitrogen and oxygen atoms in total. The summed E-state index contributed by atoms with van der Waals surface area (Å²) in [5, 5.41) is 4.38. The smallest absolute Gasteiger partial charge is 0.264 e. The Bertz CT molecular complexity index is 976. The molecule has 0 aliphatic heterocycles. The number of primary amides is 1. The lowest BCUT2D eigenvalue weighted by Gasteiger charge is -2.07. The molecular weight excluding hydrogens is 415 g/mol. The summed E-state index contributed by atoms with van der Waals surface area (Å²) in [5.41, 5.74) is 4.43. The standard InChI is InChI=1S/C16H9Cl2F2N3O3.C2H6/c17-7-2-1-3-8(18)12(7)16-22-11(26-23-16)6-25-10-5-4-9(19)13(14(10)20)15(21)24;1-2/h1-5H,6H2,(H2,21,24);1-2H3. The molecule has 1 heterocycles. The Labute approximate surface area is 169 Å². The van der Waals surface area contributed by atoms with Crippen LogP contribution in [0.5, 0.6) is 5.75 Å². The second-order valence-corrected chi connectivity index (χ2v) is 5.81. The summed E-state index contributed by atoms with van der Waals surface area (Å²) in [7, 11) is 0. The number of hydrogen-bond acceptors (Lipinski definition) is 5. The van der Waals surface area contributed by atoms with Crippen molar-refractivity contribution in [2.24, 2.45) is 5.73 Å². The molecule has 0 spiro atoms. The van der Waals surface area contributed by atoms with Gasteiger partial charge in [0.2, 0.25) is 5.82 Å². The van der Waals surface area contributed by atoms with Gasteiger partial charge in [-0.2, -0.15) is 4.98 Å². The zero-order valence-corrected chi connectivity index (χ0v) is 16.3. The molecule has 3 rings (SSSR count). The second-order valence-electron chi connectivity index (χ2n) is 5.00. The molecule has 2 N–H and O–H groups in total. The van der Waals surface area contributed by atoms with Crippen molar-refractivity contribution in [1.29, 1.82) is 0 Å². The van der Waals surface area contributed by atoms with Crippen LogP contribution in [0.1, 0.15) is 30.1 Å². The van der Waals surface area contributed by atoms with Gasteiger partial charge in [0.05, 0.1) is 15.6 Å². The third-order valence-corrected chi connectivity index (χ3v) is 3.94. The first-order valence-electron chi connectivity index (χ1n) is 8.06. The first kappa shape index (κ1) is 21.6. The van der Waals surface area contributed by atoms with Crippen molar-refractivity contribution in [1.82, 2.24) is 10.1 Å². The number of halogens is 4. The first-order chi connectivity index (χ1) is 13.4. The van der Waals surface area contributed by atoms with Crippen molar-refractivity contribution in [2.75, 3.05) is 0 Å². The summed E-state index contributed by atoms with van der Waals surface area (Å²) >= 11 is 12.1. The van der Waals surface area contributed by atoms with Crippen LogP contribution in [0, 0.1) is 11.6 Å². The topological polar surface area (TPSA) is 91.2 Å². The highest BCUT2D eigenvalue weighted by Crippen LogP contribution is 2.32. The molecular formula is C18H15Cl2F2N3O3. The number of rotatable bonds is 5. The minimum Gasteiger partial charge on any atom is -0.481 e. The molecule has 0 aliphatic rings. The third kappa shape index (κ3) is 4.58. The maximum atomic E-state index is 14.1. The van der Waals surface area contributed by atoms with E-state index in [9.17, 15) is 13.6 Å². The van der Waals surface area contributed by atoms with Gasteiger partial charge in [0, 0.05) is 0 Å².